The summed E-state index contributed by atoms with van der Waals surface area (Å²) in [6, 6.07) is 21.9. The smallest absolute Gasteiger partial charge is 0.260 e. The summed E-state index contributed by atoms with van der Waals surface area (Å²) in [4.78, 5) is 14.9. The van der Waals surface area contributed by atoms with Gasteiger partial charge in [0.2, 0.25) is 0 Å². The Labute approximate surface area is 201 Å². The van der Waals surface area contributed by atoms with Crippen LogP contribution in [-0.2, 0) is 22.5 Å². The third kappa shape index (κ3) is 6.29. The van der Waals surface area contributed by atoms with Crippen LogP contribution in [0, 0.1) is 6.92 Å². The molecule has 0 fully saturated rings. The van der Waals surface area contributed by atoms with E-state index in [0.717, 1.165) is 23.3 Å². The molecule has 1 aliphatic heterocycles. The average Bonchev–Trinajstić information content (AvgIpc) is 2.85. The first-order chi connectivity index (χ1) is 16.6. The largest absolute Gasteiger partial charge is 0.493 e. The number of fused-ring (bicyclic) bond motifs is 3. The summed E-state index contributed by atoms with van der Waals surface area (Å²) < 4.78 is 22.9. The summed E-state index contributed by atoms with van der Waals surface area (Å²) in [7, 11) is 1.58. The molecule has 3 aromatic rings. The Morgan fingerprint density at radius 3 is 2.62 bits per heavy atom. The number of ether oxygens (including phenoxy) is 4. The average molecular weight is 462 g/mol. The molecule has 1 heterocycles. The lowest BCUT2D eigenvalue weighted by molar-refractivity contribution is -0.134. The van der Waals surface area contributed by atoms with E-state index in [1.807, 2.05) is 36.4 Å². The molecular formula is C28H31NO5. The summed E-state index contributed by atoms with van der Waals surface area (Å²) in [5.41, 5.74) is 4.59. The molecule has 0 saturated carbocycles. The summed E-state index contributed by atoms with van der Waals surface area (Å²) in [6.45, 7) is 4.30. The van der Waals surface area contributed by atoms with E-state index < -0.39 is 0 Å². The van der Waals surface area contributed by atoms with Crippen LogP contribution in [0.25, 0.3) is 0 Å². The van der Waals surface area contributed by atoms with Gasteiger partial charge in [0.25, 0.3) is 5.91 Å². The van der Waals surface area contributed by atoms with Crippen molar-refractivity contribution in [2.75, 3.05) is 40.1 Å². The second-order valence-electron chi connectivity index (χ2n) is 8.32. The fourth-order valence-electron chi connectivity index (χ4n) is 4.01. The number of benzene rings is 3. The van der Waals surface area contributed by atoms with Crippen molar-refractivity contribution in [3.05, 3.63) is 89.0 Å². The predicted octanol–water partition coefficient (Wildman–Crippen LogP) is 4.41. The topological polar surface area (TPSA) is 57.2 Å². The van der Waals surface area contributed by atoms with E-state index in [1.165, 1.54) is 11.1 Å². The molecule has 1 amide bonds. The lowest BCUT2D eigenvalue weighted by Crippen LogP contribution is -2.37. The molecule has 0 saturated heterocycles. The molecule has 3 aromatic carbocycles. The zero-order chi connectivity index (χ0) is 23.8. The van der Waals surface area contributed by atoms with Gasteiger partial charge >= 0.3 is 0 Å². The van der Waals surface area contributed by atoms with Crippen molar-refractivity contribution >= 4 is 5.91 Å². The zero-order valence-electron chi connectivity index (χ0n) is 19.8. The third-order valence-electron chi connectivity index (χ3n) is 5.74. The van der Waals surface area contributed by atoms with Crippen molar-refractivity contribution < 1.29 is 23.7 Å². The van der Waals surface area contributed by atoms with Gasteiger partial charge in [0.1, 0.15) is 12.4 Å². The van der Waals surface area contributed by atoms with Gasteiger partial charge in [-0.15, -0.1) is 0 Å². The van der Waals surface area contributed by atoms with E-state index in [4.69, 9.17) is 18.9 Å². The highest BCUT2D eigenvalue weighted by molar-refractivity contribution is 5.78. The molecule has 1 aliphatic rings. The Hall–Kier alpha value is -3.51. The van der Waals surface area contributed by atoms with E-state index in [2.05, 4.69) is 31.2 Å². The van der Waals surface area contributed by atoms with Gasteiger partial charge in [-0.25, -0.2) is 0 Å². The van der Waals surface area contributed by atoms with E-state index in [0.29, 0.717) is 44.4 Å². The van der Waals surface area contributed by atoms with Gasteiger partial charge in [0.15, 0.2) is 18.1 Å². The van der Waals surface area contributed by atoms with E-state index >= 15 is 0 Å². The summed E-state index contributed by atoms with van der Waals surface area (Å²) in [6.07, 6.45) is 0.760. The second kappa shape index (κ2) is 11.6. The summed E-state index contributed by atoms with van der Waals surface area (Å²) in [5, 5.41) is 0. The number of aryl methyl sites for hydroxylation is 1. The van der Waals surface area contributed by atoms with Gasteiger partial charge in [-0.3, -0.25) is 4.79 Å². The minimum Gasteiger partial charge on any atom is -0.493 e. The number of hydrogen-bond acceptors (Lipinski definition) is 5. The number of amides is 1. The maximum Gasteiger partial charge on any atom is 0.260 e. The first kappa shape index (κ1) is 23.6. The predicted molar refractivity (Wildman–Crippen MR) is 131 cm³/mol. The fraction of sp³-hybridized carbons (Fsp3) is 0.321. The molecule has 6 heteroatoms. The zero-order valence-corrected chi connectivity index (χ0v) is 19.8. The first-order valence-corrected chi connectivity index (χ1v) is 11.5. The molecule has 0 unspecified atom stereocenters. The molecule has 2 bridgehead atoms. The molecule has 178 valence electrons. The van der Waals surface area contributed by atoms with Crippen LogP contribution in [0.1, 0.15) is 22.3 Å². The standard InChI is InChI=1S/C28H31NO5/c1-21-10-11-25-24(16-21)18-22-6-5-7-23(17-22)19-29(12-13-32-14-15-33-25)28(30)20-34-27-9-4-3-8-26(27)31-2/h3-11,16-17H,12-15,18-20H2,1-2H3. The van der Waals surface area contributed by atoms with Crippen LogP contribution in [0.15, 0.2) is 66.7 Å². The molecular weight excluding hydrogens is 430 g/mol. The highest BCUT2D eigenvalue weighted by Crippen LogP contribution is 2.26. The van der Waals surface area contributed by atoms with Crippen LogP contribution in [0.2, 0.25) is 0 Å². The second-order valence-corrected chi connectivity index (χ2v) is 8.32. The van der Waals surface area contributed by atoms with Gasteiger partial charge in [-0.1, -0.05) is 54.1 Å². The molecule has 34 heavy (non-hydrogen) atoms. The molecule has 0 radical (unpaired) electrons. The minimum atomic E-state index is -0.107. The maximum atomic E-state index is 13.1. The van der Waals surface area contributed by atoms with E-state index in [1.54, 1.807) is 18.1 Å². The van der Waals surface area contributed by atoms with Crippen molar-refractivity contribution in [2.24, 2.45) is 0 Å². The van der Waals surface area contributed by atoms with Crippen molar-refractivity contribution in [3.63, 3.8) is 0 Å². The molecule has 0 aromatic heterocycles. The van der Waals surface area contributed by atoms with E-state index in [-0.39, 0.29) is 12.5 Å². The number of para-hydroxylation sites is 2. The van der Waals surface area contributed by atoms with Crippen LogP contribution >= 0.6 is 0 Å². The molecule has 4 rings (SSSR count). The van der Waals surface area contributed by atoms with Crippen LogP contribution in [0.4, 0.5) is 0 Å². The number of rotatable bonds is 4. The third-order valence-corrected chi connectivity index (χ3v) is 5.74. The minimum absolute atomic E-state index is 0.0736. The quantitative estimate of drug-likeness (QED) is 0.576. The first-order valence-electron chi connectivity index (χ1n) is 11.5. The number of nitrogens with zero attached hydrogens (tertiary/aromatic N) is 1. The maximum absolute atomic E-state index is 13.1. The lowest BCUT2D eigenvalue weighted by Gasteiger charge is -2.24. The van der Waals surface area contributed by atoms with Crippen LogP contribution in [0.5, 0.6) is 17.2 Å². The van der Waals surface area contributed by atoms with Crippen molar-refractivity contribution in [3.8, 4) is 17.2 Å². The lowest BCUT2D eigenvalue weighted by atomic mass is 10.0. The van der Waals surface area contributed by atoms with Gasteiger partial charge in [0.05, 0.1) is 20.3 Å². The van der Waals surface area contributed by atoms with Gasteiger partial charge in [-0.2, -0.15) is 0 Å². The highest BCUT2D eigenvalue weighted by atomic mass is 16.5. The molecule has 0 spiro atoms. The normalized spacial score (nSPS) is 14.4. The molecule has 0 N–H and O–H groups in total. The Kier molecular flexibility index (Phi) is 8.04. The van der Waals surface area contributed by atoms with Crippen LogP contribution in [0.3, 0.4) is 0 Å². The van der Waals surface area contributed by atoms with Gasteiger partial charge in [-0.05, 0) is 41.8 Å². The number of carbonyl (C=O) groups excluding carboxylic acids is 1. The monoisotopic (exact) mass is 461 g/mol. The van der Waals surface area contributed by atoms with Crippen molar-refractivity contribution in [1.82, 2.24) is 4.90 Å². The fourth-order valence-corrected chi connectivity index (χ4v) is 4.01. The Morgan fingerprint density at radius 1 is 0.941 bits per heavy atom. The van der Waals surface area contributed by atoms with Gasteiger partial charge in [0, 0.05) is 19.5 Å². The Bertz CT molecular complexity index is 1110. The number of methoxy groups -OCH3 is 1. The SMILES string of the molecule is COc1ccccc1OCC(=O)N1CCOCCOc2ccc(C)cc2Cc2cccc(c2)C1. The van der Waals surface area contributed by atoms with Gasteiger partial charge < -0.3 is 23.8 Å². The van der Waals surface area contributed by atoms with Crippen molar-refractivity contribution in [1.29, 1.82) is 0 Å². The molecule has 0 aliphatic carbocycles. The highest BCUT2D eigenvalue weighted by Gasteiger charge is 2.17. The molecule has 0 atom stereocenters. The number of carbonyl (C=O) groups is 1. The Balaban J connectivity index is 1.51. The van der Waals surface area contributed by atoms with Crippen LogP contribution in [-0.4, -0.2) is 50.9 Å². The number of hydrogen-bond donors (Lipinski definition) is 0. The molecule has 6 nitrogen and oxygen atoms in total. The van der Waals surface area contributed by atoms with Crippen molar-refractivity contribution in [2.45, 2.75) is 19.9 Å². The van der Waals surface area contributed by atoms with Crippen LogP contribution < -0.4 is 14.2 Å². The summed E-state index contributed by atoms with van der Waals surface area (Å²) in [5.74, 6) is 1.93. The Morgan fingerprint density at radius 2 is 1.76 bits per heavy atom. The van der Waals surface area contributed by atoms with E-state index in [9.17, 15) is 4.79 Å². The summed E-state index contributed by atoms with van der Waals surface area (Å²) >= 11 is 0.